The third kappa shape index (κ3) is 4.55. The van der Waals surface area contributed by atoms with E-state index in [2.05, 4.69) is 0 Å². The van der Waals surface area contributed by atoms with Crippen molar-refractivity contribution in [2.45, 2.75) is 44.0 Å². The molecule has 0 radical (unpaired) electrons. The highest BCUT2D eigenvalue weighted by atomic mass is 32.2. The number of likely N-dealkylation sites (tertiary alicyclic amines) is 1. The summed E-state index contributed by atoms with van der Waals surface area (Å²) < 4.78 is 27.7. The van der Waals surface area contributed by atoms with Crippen LogP contribution >= 0.6 is 0 Å². The summed E-state index contributed by atoms with van der Waals surface area (Å²) >= 11 is 0. The summed E-state index contributed by atoms with van der Waals surface area (Å²) in [5.74, 6) is -0.0211. The molecule has 1 heterocycles. The summed E-state index contributed by atoms with van der Waals surface area (Å²) in [6.07, 6.45) is 2.29. The van der Waals surface area contributed by atoms with Crippen molar-refractivity contribution in [2.75, 3.05) is 20.2 Å². The van der Waals surface area contributed by atoms with E-state index in [1.165, 1.54) is 0 Å². The molecule has 0 aromatic heterocycles. The Bertz CT molecular complexity index is 383. The van der Waals surface area contributed by atoms with E-state index < -0.39 is 15.3 Å². The zero-order chi connectivity index (χ0) is 13.8. The van der Waals surface area contributed by atoms with Crippen molar-refractivity contribution in [3.8, 4) is 0 Å². The number of piperidine rings is 1. The predicted octanol–water partition coefficient (Wildman–Crippen LogP) is 0.0810. The molecule has 0 aromatic carbocycles. The van der Waals surface area contributed by atoms with Crippen molar-refractivity contribution in [3.63, 3.8) is 0 Å². The van der Waals surface area contributed by atoms with Gasteiger partial charge in [0.2, 0.25) is 15.9 Å². The molecule has 7 heteroatoms. The fourth-order valence-electron chi connectivity index (χ4n) is 2.04. The number of nitrogens with zero attached hydrogens (tertiary/aromatic N) is 1. The van der Waals surface area contributed by atoms with Crippen LogP contribution in [0.1, 0.15) is 32.6 Å². The number of methoxy groups -OCH3 is 1. The van der Waals surface area contributed by atoms with Gasteiger partial charge in [-0.05, 0) is 26.2 Å². The Morgan fingerprint density at radius 2 is 2.22 bits per heavy atom. The number of carbonyl (C=O) groups excluding carboxylic acids is 1. The fourth-order valence-corrected chi connectivity index (χ4v) is 2.92. The van der Waals surface area contributed by atoms with Gasteiger partial charge in [0.1, 0.15) is 0 Å². The Balaban J connectivity index is 2.49. The minimum atomic E-state index is -3.55. The van der Waals surface area contributed by atoms with Crippen molar-refractivity contribution in [1.29, 1.82) is 0 Å². The third-order valence-corrected chi connectivity index (χ3v) is 4.68. The first-order chi connectivity index (χ1) is 8.34. The molecule has 0 bridgehead atoms. The number of carbonyl (C=O) groups is 1. The average molecular weight is 278 g/mol. The lowest BCUT2D eigenvalue weighted by atomic mass is 10.1. The first-order valence-corrected chi connectivity index (χ1v) is 7.77. The van der Waals surface area contributed by atoms with E-state index in [1.807, 2.05) is 6.92 Å². The number of sulfonamides is 1. The van der Waals surface area contributed by atoms with Gasteiger partial charge in [-0.2, -0.15) is 0 Å². The van der Waals surface area contributed by atoms with E-state index in [1.54, 1.807) is 12.0 Å². The lowest BCUT2D eigenvalue weighted by Crippen LogP contribution is -2.47. The Kier molecular flexibility index (Phi) is 5.55. The molecule has 0 saturated carbocycles. The number of hydrogen-bond donors (Lipinski definition) is 1. The van der Waals surface area contributed by atoms with Crippen molar-refractivity contribution in [2.24, 2.45) is 5.14 Å². The van der Waals surface area contributed by atoms with E-state index in [4.69, 9.17) is 9.88 Å². The zero-order valence-corrected chi connectivity index (χ0v) is 11.8. The molecule has 1 fully saturated rings. The van der Waals surface area contributed by atoms with Crippen LogP contribution in [0.3, 0.4) is 0 Å². The van der Waals surface area contributed by atoms with Gasteiger partial charge in [0.25, 0.3) is 0 Å². The number of nitrogens with two attached hydrogens (primary N) is 1. The molecule has 1 amide bonds. The van der Waals surface area contributed by atoms with E-state index in [9.17, 15) is 13.2 Å². The van der Waals surface area contributed by atoms with Gasteiger partial charge in [-0.1, -0.05) is 0 Å². The molecule has 18 heavy (non-hydrogen) atoms. The molecule has 1 aliphatic heterocycles. The van der Waals surface area contributed by atoms with Gasteiger partial charge in [-0.25, -0.2) is 13.6 Å². The SMILES string of the molecule is COC(C)CCC(=O)N1CCCC(S(N)(=O)=O)C1. The smallest absolute Gasteiger partial charge is 0.222 e. The predicted molar refractivity (Wildman–Crippen MR) is 68.4 cm³/mol. The second kappa shape index (κ2) is 6.49. The molecule has 1 aliphatic rings. The summed E-state index contributed by atoms with van der Waals surface area (Å²) in [5, 5.41) is 4.51. The summed E-state index contributed by atoms with van der Waals surface area (Å²) in [6.45, 7) is 2.74. The van der Waals surface area contributed by atoms with Gasteiger partial charge in [-0.3, -0.25) is 4.79 Å². The molecule has 1 saturated heterocycles. The number of hydrogen-bond acceptors (Lipinski definition) is 4. The van der Waals surface area contributed by atoms with Crippen LogP contribution in [0.4, 0.5) is 0 Å². The highest BCUT2D eigenvalue weighted by molar-refractivity contribution is 7.89. The molecule has 0 aromatic rings. The second-order valence-corrected chi connectivity index (χ2v) is 6.62. The average Bonchev–Trinajstić information content (AvgIpc) is 2.34. The second-order valence-electron chi connectivity index (χ2n) is 4.78. The monoisotopic (exact) mass is 278 g/mol. The largest absolute Gasteiger partial charge is 0.382 e. The molecule has 0 spiro atoms. The van der Waals surface area contributed by atoms with Crippen LogP contribution in [0.25, 0.3) is 0 Å². The number of ether oxygens (including phenoxy) is 1. The number of primary sulfonamides is 1. The van der Waals surface area contributed by atoms with Gasteiger partial charge >= 0.3 is 0 Å². The van der Waals surface area contributed by atoms with Gasteiger partial charge < -0.3 is 9.64 Å². The van der Waals surface area contributed by atoms with Crippen molar-refractivity contribution >= 4 is 15.9 Å². The highest BCUT2D eigenvalue weighted by Crippen LogP contribution is 2.16. The highest BCUT2D eigenvalue weighted by Gasteiger charge is 2.30. The van der Waals surface area contributed by atoms with Gasteiger partial charge in [0.05, 0.1) is 11.4 Å². The molecule has 6 nitrogen and oxygen atoms in total. The van der Waals surface area contributed by atoms with Crippen LogP contribution in [-0.2, 0) is 19.6 Å². The summed E-state index contributed by atoms with van der Waals surface area (Å²) in [7, 11) is -1.94. The van der Waals surface area contributed by atoms with Crippen LogP contribution in [0.5, 0.6) is 0 Å². The van der Waals surface area contributed by atoms with Crippen LogP contribution < -0.4 is 5.14 Å². The Hall–Kier alpha value is -0.660. The number of amides is 1. The van der Waals surface area contributed by atoms with Crippen molar-refractivity contribution in [1.82, 2.24) is 4.90 Å². The lowest BCUT2D eigenvalue weighted by Gasteiger charge is -2.31. The van der Waals surface area contributed by atoms with Crippen LogP contribution in [0.2, 0.25) is 0 Å². The van der Waals surface area contributed by atoms with E-state index in [0.29, 0.717) is 32.2 Å². The maximum atomic E-state index is 11.9. The fraction of sp³-hybridized carbons (Fsp3) is 0.909. The van der Waals surface area contributed by atoms with Crippen LogP contribution in [0.15, 0.2) is 0 Å². The first kappa shape index (κ1) is 15.4. The van der Waals surface area contributed by atoms with E-state index in [0.717, 1.165) is 0 Å². The quantitative estimate of drug-likeness (QED) is 0.771. The molecule has 2 N–H and O–H groups in total. The van der Waals surface area contributed by atoms with E-state index in [-0.39, 0.29) is 18.6 Å². The topological polar surface area (TPSA) is 89.7 Å². The van der Waals surface area contributed by atoms with E-state index >= 15 is 0 Å². The molecular formula is C11H22N2O4S. The maximum Gasteiger partial charge on any atom is 0.222 e. The third-order valence-electron chi connectivity index (χ3n) is 3.36. The lowest BCUT2D eigenvalue weighted by molar-refractivity contribution is -0.132. The summed E-state index contributed by atoms with van der Waals surface area (Å²) in [6, 6.07) is 0. The maximum absolute atomic E-state index is 11.9. The molecule has 106 valence electrons. The van der Waals surface area contributed by atoms with Crippen molar-refractivity contribution in [3.05, 3.63) is 0 Å². The minimum absolute atomic E-state index is 0.0211. The summed E-state index contributed by atoms with van der Waals surface area (Å²) in [5.41, 5.74) is 0. The number of rotatable bonds is 5. The molecule has 2 unspecified atom stereocenters. The summed E-state index contributed by atoms with van der Waals surface area (Å²) in [4.78, 5) is 13.5. The molecule has 2 atom stereocenters. The first-order valence-electron chi connectivity index (χ1n) is 6.16. The van der Waals surface area contributed by atoms with Crippen LogP contribution in [-0.4, -0.2) is 50.8 Å². The zero-order valence-electron chi connectivity index (χ0n) is 11.0. The van der Waals surface area contributed by atoms with Gasteiger partial charge in [0.15, 0.2) is 0 Å². The van der Waals surface area contributed by atoms with Gasteiger partial charge in [-0.15, -0.1) is 0 Å². The molecule has 1 rings (SSSR count). The molecular weight excluding hydrogens is 256 g/mol. The Morgan fingerprint density at radius 3 is 2.78 bits per heavy atom. The van der Waals surface area contributed by atoms with Gasteiger partial charge in [0, 0.05) is 26.6 Å². The van der Waals surface area contributed by atoms with Crippen molar-refractivity contribution < 1.29 is 17.9 Å². The minimum Gasteiger partial charge on any atom is -0.382 e. The Labute approximate surface area is 109 Å². The Morgan fingerprint density at radius 1 is 1.56 bits per heavy atom. The van der Waals surface area contributed by atoms with Crippen LogP contribution in [0, 0.1) is 0 Å². The standard InChI is InChI=1S/C11H22N2O4S/c1-9(17-2)5-6-11(14)13-7-3-4-10(8-13)18(12,15)16/h9-10H,3-8H2,1-2H3,(H2,12,15,16). The molecule has 0 aliphatic carbocycles. The normalized spacial score (nSPS) is 22.8.